The molecule has 1 saturated heterocycles. The monoisotopic (exact) mass is 468 g/mol. The number of rotatable bonds is 6. The maximum atomic E-state index is 12.3. The minimum Gasteiger partial charge on any atom is -0.497 e. The van der Waals surface area contributed by atoms with E-state index in [0.29, 0.717) is 5.75 Å². The number of fused-ring (bicyclic) bond motifs is 1. The summed E-state index contributed by atoms with van der Waals surface area (Å²) in [6, 6.07) is 20.2. The molecule has 1 aliphatic heterocycles. The van der Waals surface area contributed by atoms with Crippen molar-refractivity contribution in [1.82, 2.24) is 5.32 Å². The van der Waals surface area contributed by atoms with Crippen LogP contribution in [0.3, 0.4) is 0 Å². The number of amides is 1. The van der Waals surface area contributed by atoms with Crippen molar-refractivity contribution in [2.24, 2.45) is 0 Å². The van der Waals surface area contributed by atoms with Crippen LogP contribution in [-0.2, 0) is 4.79 Å². The molecule has 156 valence electrons. The minimum atomic E-state index is -0.0752. The lowest BCUT2D eigenvalue weighted by molar-refractivity contribution is -0.123. The third-order valence-electron chi connectivity index (χ3n) is 5.44. The standard InChI is InChI=1S/C24H25BrN2O3/c1-29-22-8-5-21(6-9-22)27-12-10-20(11-13-27)26-24(28)16-30-23-7-3-17-14-19(25)4-2-18(17)15-23/h2-9,14-15,20H,10-13,16H2,1H3,(H,26,28). The summed E-state index contributed by atoms with van der Waals surface area (Å²) in [7, 11) is 1.67. The first-order valence-electron chi connectivity index (χ1n) is 10.1. The fourth-order valence-electron chi connectivity index (χ4n) is 3.78. The van der Waals surface area contributed by atoms with Gasteiger partial charge in [-0.15, -0.1) is 0 Å². The lowest BCUT2D eigenvalue weighted by Gasteiger charge is -2.34. The van der Waals surface area contributed by atoms with Crippen LogP contribution in [0.4, 0.5) is 5.69 Å². The van der Waals surface area contributed by atoms with Gasteiger partial charge in [0.25, 0.3) is 5.91 Å². The van der Waals surface area contributed by atoms with Gasteiger partial charge in [0.15, 0.2) is 6.61 Å². The zero-order valence-electron chi connectivity index (χ0n) is 16.9. The summed E-state index contributed by atoms with van der Waals surface area (Å²) >= 11 is 3.48. The first-order chi connectivity index (χ1) is 14.6. The van der Waals surface area contributed by atoms with Gasteiger partial charge in [-0.05, 0) is 72.1 Å². The van der Waals surface area contributed by atoms with E-state index < -0.39 is 0 Å². The number of piperidine rings is 1. The molecule has 3 aromatic rings. The van der Waals surface area contributed by atoms with Crippen molar-refractivity contribution in [3.05, 3.63) is 65.1 Å². The fourth-order valence-corrected chi connectivity index (χ4v) is 4.16. The number of benzene rings is 3. The summed E-state index contributed by atoms with van der Waals surface area (Å²) in [4.78, 5) is 14.7. The molecule has 3 aromatic carbocycles. The Bertz CT molecular complexity index is 1010. The number of anilines is 1. The highest BCUT2D eigenvalue weighted by Crippen LogP contribution is 2.25. The highest BCUT2D eigenvalue weighted by atomic mass is 79.9. The van der Waals surface area contributed by atoms with E-state index in [1.165, 1.54) is 5.69 Å². The average Bonchev–Trinajstić information content (AvgIpc) is 2.78. The number of nitrogens with zero attached hydrogens (tertiary/aromatic N) is 1. The van der Waals surface area contributed by atoms with Crippen molar-refractivity contribution in [1.29, 1.82) is 0 Å². The van der Waals surface area contributed by atoms with E-state index in [2.05, 4.69) is 44.3 Å². The van der Waals surface area contributed by atoms with Crippen molar-refractivity contribution in [2.75, 3.05) is 31.7 Å². The van der Waals surface area contributed by atoms with Crippen LogP contribution < -0.4 is 19.7 Å². The molecule has 5 nitrogen and oxygen atoms in total. The fraction of sp³-hybridized carbons (Fsp3) is 0.292. The first-order valence-corrected chi connectivity index (χ1v) is 10.9. The number of carbonyl (C=O) groups excluding carboxylic acids is 1. The lowest BCUT2D eigenvalue weighted by Crippen LogP contribution is -2.46. The van der Waals surface area contributed by atoms with Crippen LogP contribution in [-0.4, -0.2) is 38.8 Å². The highest BCUT2D eigenvalue weighted by Gasteiger charge is 2.21. The van der Waals surface area contributed by atoms with E-state index >= 15 is 0 Å². The molecule has 6 heteroatoms. The van der Waals surface area contributed by atoms with E-state index in [1.54, 1.807) is 7.11 Å². The predicted octanol–water partition coefficient (Wildman–Crippen LogP) is 4.77. The normalized spacial score (nSPS) is 14.5. The number of carbonyl (C=O) groups is 1. The second-order valence-corrected chi connectivity index (χ2v) is 8.38. The van der Waals surface area contributed by atoms with Crippen LogP contribution in [0.1, 0.15) is 12.8 Å². The molecule has 1 heterocycles. The highest BCUT2D eigenvalue weighted by molar-refractivity contribution is 9.10. The molecule has 1 fully saturated rings. The Morgan fingerprint density at radius 3 is 2.40 bits per heavy atom. The number of hydrogen-bond acceptors (Lipinski definition) is 4. The second kappa shape index (κ2) is 9.39. The molecule has 0 spiro atoms. The molecule has 30 heavy (non-hydrogen) atoms. The molecule has 0 aromatic heterocycles. The summed E-state index contributed by atoms with van der Waals surface area (Å²) in [5.74, 6) is 1.49. The molecule has 0 bridgehead atoms. The number of halogens is 1. The van der Waals surface area contributed by atoms with E-state index in [4.69, 9.17) is 9.47 Å². The second-order valence-electron chi connectivity index (χ2n) is 7.47. The van der Waals surface area contributed by atoms with E-state index in [9.17, 15) is 4.79 Å². The summed E-state index contributed by atoms with van der Waals surface area (Å²) < 4.78 is 12.0. The molecule has 0 saturated carbocycles. The van der Waals surface area contributed by atoms with Crippen molar-refractivity contribution in [3.8, 4) is 11.5 Å². The zero-order valence-corrected chi connectivity index (χ0v) is 18.5. The Labute approximate surface area is 185 Å². The van der Waals surface area contributed by atoms with Crippen LogP contribution in [0.5, 0.6) is 11.5 Å². The lowest BCUT2D eigenvalue weighted by atomic mass is 10.0. The van der Waals surface area contributed by atoms with Crippen LogP contribution in [0, 0.1) is 0 Å². The largest absolute Gasteiger partial charge is 0.497 e. The van der Waals surface area contributed by atoms with Gasteiger partial charge >= 0.3 is 0 Å². The molecule has 4 rings (SSSR count). The molecular weight excluding hydrogens is 444 g/mol. The van der Waals surface area contributed by atoms with E-state index in [1.807, 2.05) is 42.5 Å². The third-order valence-corrected chi connectivity index (χ3v) is 5.93. The summed E-state index contributed by atoms with van der Waals surface area (Å²) in [6.07, 6.45) is 1.84. The zero-order chi connectivity index (χ0) is 20.9. The van der Waals surface area contributed by atoms with Gasteiger partial charge in [-0.25, -0.2) is 0 Å². The Morgan fingerprint density at radius 2 is 1.67 bits per heavy atom. The van der Waals surface area contributed by atoms with E-state index in [-0.39, 0.29) is 18.6 Å². The SMILES string of the molecule is COc1ccc(N2CCC(NC(=O)COc3ccc4cc(Br)ccc4c3)CC2)cc1. The summed E-state index contributed by atoms with van der Waals surface area (Å²) in [5.41, 5.74) is 1.19. The number of hydrogen-bond donors (Lipinski definition) is 1. The molecule has 0 atom stereocenters. The summed E-state index contributed by atoms with van der Waals surface area (Å²) in [6.45, 7) is 1.86. The molecule has 0 aliphatic carbocycles. The Kier molecular flexibility index (Phi) is 6.43. The number of nitrogens with one attached hydrogen (secondary N) is 1. The number of ether oxygens (including phenoxy) is 2. The minimum absolute atomic E-state index is 0.0285. The van der Waals surface area contributed by atoms with Gasteiger partial charge in [-0.2, -0.15) is 0 Å². The molecular formula is C24H25BrN2O3. The Morgan fingerprint density at radius 1 is 1.00 bits per heavy atom. The molecule has 0 unspecified atom stereocenters. The molecule has 1 N–H and O–H groups in total. The first kappa shape index (κ1) is 20.5. The maximum Gasteiger partial charge on any atom is 0.258 e. The van der Waals surface area contributed by atoms with E-state index in [0.717, 1.165) is 46.9 Å². The van der Waals surface area contributed by atoms with Gasteiger partial charge in [-0.3, -0.25) is 4.79 Å². The van der Waals surface area contributed by atoms with Gasteiger partial charge in [0.1, 0.15) is 11.5 Å². The summed E-state index contributed by atoms with van der Waals surface area (Å²) in [5, 5.41) is 5.32. The molecule has 1 aliphatic rings. The van der Waals surface area contributed by atoms with Crippen LogP contribution in [0.25, 0.3) is 10.8 Å². The van der Waals surface area contributed by atoms with Crippen molar-refractivity contribution in [2.45, 2.75) is 18.9 Å². The smallest absolute Gasteiger partial charge is 0.258 e. The van der Waals surface area contributed by atoms with Gasteiger partial charge < -0.3 is 19.7 Å². The van der Waals surface area contributed by atoms with Gasteiger partial charge in [0.05, 0.1) is 7.11 Å². The van der Waals surface area contributed by atoms with Gasteiger partial charge in [0, 0.05) is 29.3 Å². The quantitative estimate of drug-likeness (QED) is 0.565. The topological polar surface area (TPSA) is 50.8 Å². The van der Waals surface area contributed by atoms with Crippen molar-refractivity contribution < 1.29 is 14.3 Å². The van der Waals surface area contributed by atoms with Gasteiger partial charge in [0.2, 0.25) is 0 Å². The van der Waals surface area contributed by atoms with Crippen LogP contribution in [0.2, 0.25) is 0 Å². The van der Waals surface area contributed by atoms with Crippen molar-refractivity contribution >= 4 is 38.3 Å². The third kappa shape index (κ3) is 5.05. The van der Waals surface area contributed by atoms with Gasteiger partial charge in [-0.1, -0.05) is 28.1 Å². The Hall–Kier alpha value is -2.73. The average molecular weight is 469 g/mol. The van der Waals surface area contributed by atoms with Crippen LogP contribution >= 0.6 is 15.9 Å². The Balaban J connectivity index is 1.24. The number of methoxy groups -OCH3 is 1. The molecule has 1 amide bonds. The molecule has 0 radical (unpaired) electrons. The maximum absolute atomic E-state index is 12.3. The van der Waals surface area contributed by atoms with Crippen molar-refractivity contribution in [3.63, 3.8) is 0 Å². The predicted molar refractivity (Wildman–Crippen MR) is 124 cm³/mol. The van der Waals surface area contributed by atoms with Crippen LogP contribution in [0.15, 0.2) is 65.1 Å².